The smallest absolute Gasteiger partial charge is 0.251 e. The van der Waals surface area contributed by atoms with Gasteiger partial charge in [-0.25, -0.2) is 5.06 Å². The van der Waals surface area contributed by atoms with Crippen LogP contribution in [0.5, 0.6) is 0 Å². The second-order valence-corrected chi connectivity index (χ2v) is 11.9. The van der Waals surface area contributed by atoms with E-state index in [-0.39, 0.29) is 35.7 Å². The molecule has 0 aromatic heterocycles. The van der Waals surface area contributed by atoms with Gasteiger partial charge in [0.25, 0.3) is 5.91 Å². The molecule has 208 valence electrons. The van der Waals surface area contributed by atoms with Crippen molar-refractivity contribution in [3.8, 4) is 6.07 Å². The number of hydrogen-bond donors (Lipinski definition) is 3. The third-order valence-corrected chi connectivity index (χ3v) is 7.85. The van der Waals surface area contributed by atoms with E-state index >= 15 is 0 Å². The van der Waals surface area contributed by atoms with Crippen molar-refractivity contribution in [2.75, 3.05) is 26.2 Å². The molecule has 0 bridgehead atoms. The lowest BCUT2D eigenvalue weighted by molar-refractivity contribution is -0.152. The molecule has 1 aliphatic heterocycles. The third kappa shape index (κ3) is 8.53. The van der Waals surface area contributed by atoms with Crippen molar-refractivity contribution in [1.82, 2.24) is 20.6 Å². The summed E-state index contributed by atoms with van der Waals surface area (Å²) in [7, 11) is 0. The molecule has 1 aromatic carbocycles. The maximum Gasteiger partial charge on any atom is 0.251 e. The molecule has 3 rings (SSSR count). The van der Waals surface area contributed by atoms with Crippen LogP contribution in [0, 0.1) is 28.6 Å². The number of amides is 3. The topological polar surface area (TPSA) is 126 Å². The Labute approximate surface area is 226 Å². The summed E-state index contributed by atoms with van der Waals surface area (Å²) >= 11 is 0. The van der Waals surface area contributed by atoms with Crippen LogP contribution in [0.25, 0.3) is 0 Å². The van der Waals surface area contributed by atoms with Crippen molar-refractivity contribution in [3.05, 3.63) is 35.4 Å². The van der Waals surface area contributed by atoms with Gasteiger partial charge in [-0.1, -0.05) is 46.5 Å². The molecule has 3 amide bonds. The average molecular weight is 526 g/mol. The molecule has 3 N–H and O–H groups in total. The largest absolute Gasteiger partial charge is 0.349 e. The lowest BCUT2D eigenvalue weighted by Gasteiger charge is -2.39. The van der Waals surface area contributed by atoms with Gasteiger partial charge in [-0.3, -0.25) is 19.6 Å². The first-order valence-electron chi connectivity index (χ1n) is 13.8. The van der Waals surface area contributed by atoms with E-state index in [9.17, 15) is 19.6 Å². The van der Waals surface area contributed by atoms with E-state index in [2.05, 4.69) is 10.6 Å². The molecule has 9 heteroatoms. The highest BCUT2D eigenvalue weighted by Gasteiger charge is 2.36. The number of hydrogen-bond acceptors (Lipinski definition) is 6. The van der Waals surface area contributed by atoms with Gasteiger partial charge in [0.05, 0.1) is 24.2 Å². The van der Waals surface area contributed by atoms with Crippen molar-refractivity contribution < 1.29 is 19.6 Å². The van der Waals surface area contributed by atoms with Gasteiger partial charge < -0.3 is 15.5 Å². The number of likely N-dealkylation sites (tertiary alicyclic amines) is 1. The van der Waals surface area contributed by atoms with Gasteiger partial charge in [-0.15, -0.1) is 0 Å². The lowest BCUT2D eigenvalue weighted by atomic mass is 9.84. The van der Waals surface area contributed by atoms with Crippen molar-refractivity contribution in [2.45, 2.75) is 77.8 Å². The number of carbonyl (C=O) groups excluding carboxylic acids is 3. The van der Waals surface area contributed by atoms with Crippen LogP contribution >= 0.6 is 0 Å². The molecular weight excluding hydrogens is 482 g/mol. The molecule has 2 fully saturated rings. The first kappa shape index (κ1) is 29.6. The zero-order valence-corrected chi connectivity index (χ0v) is 23.0. The van der Waals surface area contributed by atoms with Gasteiger partial charge in [0.1, 0.15) is 0 Å². The molecule has 1 saturated carbocycles. The second kappa shape index (κ2) is 13.7. The average Bonchev–Trinajstić information content (AvgIpc) is 3.41. The maximum atomic E-state index is 13.6. The zero-order chi connectivity index (χ0) is 27.7. The highest BCUT2D eigenvalue weighted by atomic mass is 16.5. The molecule has 38 heavy (non-hydrogen) atoms. The van der Waals surface area contributed by atoms with Gasteiger partial charge in [-0.2, -0.15) is 5.26 Å². The van der Waals surface area contributed by atoms with Crippen LogP contribution in [0.3, 0.4) is 0 Å². The first-order chi connectivity index (χ1) is 18.1. The molecule has 1 aliphatic carbocycles. The summed E-state index contributed by atoms with van der Waals surface area (Å²) in [6, 6.07) is 8.19. The summed E-state index contributed by atoms with van der Waals surface area (Å²) in [6.45, 7) is 8.06. The molecule has 1 heterocycles. The summed E-state index contributed by atoms with van der Waals surface area (Å²) in [4.78, 5) is 39.2. The Morgan fingerprint density at radius 2 is 1.79 bits per heavy atom. The number of piperidine rings is 1. The molecule has 2 atom stereocenters. The van der Waals surface area contributed by atoms with Crippen molar-refractivity contribution in [3.63, 3.8) is 0 Å². The molecule has 9 nitrogen and oxygen atoms in total. The quantitative estimate of drug-likeness (QED) is 0.231. The second-order valence-electron chi connectivity index (χ2n) is 11.9. The van der Waals surface area contributed by atoms with Crippen LogP contribution < -0.4 is 10.6 Å². The number of nitriles is 1. The number of rotatable bonds is 11. The van der Waals surface area contributed by atoms with Crippen LogP contribution in [0.1, 0.15) is 81.6 Å². The predicted octanol–water partition coefficient (Wildman–Crippen LogP) is 3.33. The predicted molar refractivity (Wildman–Crippen MR) is 144 cm³/mol. The van der Waals surface area contributed by atoms with E-state index in [4.69, 9.17) is 5.26 Å². The van der Waals surface area contributed by atoms with E-state index in [0.29, 0.717) is 61.0 Å². The lowest BCUT2D eigenvalue weighted by Crippen LogP contribution is -2.57. The summed E-state index contributed by atoms with van der Waals surface area (Å²) in [5, 5.41) is 26.1. The minimum absolute atomic E-state index is 0.0158. The Morgan fingerprint density at radius 3 is 2.34 bits per heavy atom. The van der Waals surface area contributed by atoms with E-state index in [0.717, 1.165) is 6.42 Å². The minimum Gasteiger partial charge on any atom is -0.349 e. The highest BCUT2D eigenvalue weighted by molar-refractivity contribution is 5.94. The van der Waals surface area contributed by atoms with E-state index in [1.807, 2.05) is 31.7 Å². The Bertz CT molecular complexity index is 970. The number of benzene rings is 1. The van der Waals surface area contributed by atoms with Crippen molar-refractivity contribution >= 4 is 18.2 Å². The maximum absolute atomic E-state index is 13.6. The Hall–Kier alpha value is -2.96. The Morgan fingerprint density at radius 1 is 1.16 bits per heavy atom. The zero-order valence-electron chi connectivity index (χ0n) is 23.0. The molecule has 1 aromatic rings. The van der Waals surface area contributed by atoms with Gasteiger partial charge in [0.2, 0.25) is 12.3 Å². The van der Waals surface area contributed by atoms with E-state index in [1.165, 1.54) is 25.7 Å². The van der Waals surface area contributed by atoms with Gasteiger partial charge >= 0.3 is 0 Å². The number of hydroxylamine groups is 2. The van der Waals surface area contributed by atoms with Crippen LogP contribution in [-0.2, 0) is 9.59 Å². The molecule has 1 saturated heterocycles. The normalized spacial score (nSPS) is 18.4. The van der Waals surface area contributed by atoms with Crippen LogP contribution in [0.4, 0.5) is 0 Å². The standard InChI is InChI=1S/C29H43N5O4/c1-29(2,3)26(31-18-23(19-34(38)20-35)16-21-6-4-5-7-21)28(37)33-14-12-25(13-15-33)32-27(36)24-10-8-22(17-30)9-11-24/h8-11,20-21,23,25-26,31,38H,4-7,12-16,18-19H2,1-3H3,(H,32,36)/t23-,26+/m0/s1. The number of carbonyl (C=O) groups is 3. The summed E-state index contributed by atoms with van der Waals surface area (Å²) in [6.07, 6.45) is 7.54. The van der Waals surface area contributed by atoms with Crippen LogP contribution in [0.2, 0.25) is 0 Å². The minimum atomic E-state index is -0.401. The molecule has 0 unspecified atom stereocenters. The molecule has 0 spiro atoms. The first-order valence-corrected chi connectivity index (χ1v) is 13.8. The monoisotopic (exact) mass is 525 g/mol. The van der Waals surface area contributed by atoms with Gasteiger partial charge in [0, 0.05) is 31.2 Å². The van der Waals surface area contributed by atoms with Crippen molar-refractivity contribution in [2.24, 2.45) is 17.3 Å². The van der Waals surface area contributed by atoms with Gasteiger partial charge in [0.15, 0.2) is 0 Å². The number of nitrogens with zero attached hydrogens (tertiary/aromatic N) is 3. The fourth-order valence-corrected chi connectivity index (χ4v) is 5.69. The van der Waals surface area contributed by atoms with Crippen LogP contribution in [-0.4, -0.2) is 71.7 Å². The number of nitrogens with one attached hydrogen (secondary N) is 2. The van der Waals surface area contributed by atoms with E-state index in [1.54, 1.807) is 24.3 Å². The SMILES string of the molecule is CC(C)(C)[C@H](NC[C@H](CC1CCCC1)CN(O)C=O)C(=O)N1CCC(NC(=O)c2ccc(C#N)cc2)CC1. The Balaban J connectivity index is 1.55. The Kier molecular flexibility index (Phi) is 10.7. The summed E-state index contributed by atoms with van der Waals surface area (Å²) < 4.78 is 0. The molecule has 2 aliphatic rings. The summed E-state index contributed by atoms with van der Waals surface area (Å²) in [5.41, 5.74) is 0.708. The summed E-state index contributed by atoms with van der Waals surface area (Å²) in [5.74, 6) is 0.540. The fourth-order valence-electron chi connectivity index (χ4n) is 5.69. The highest BCUT2D eigenvalue weighted by Crippen LogP contribution is 2.31. The molecular formula is C29H43N5O4. The fraction of sp³-hybridized carbons (Fsp3) is 0.655. The third-order valence-electron chi connectivity index (χ3n) is 7.85. The van der Waals surface area contributed by atoms with Crippen molar-refractivity contribution in [1.29, 1.82) is 5.26 Å². The molecule has 0 radical (unpaired) electrons. The van der Waals surface area contributed by atoms with Crippen LogP contribution in [0.15, 0.2) is 24.3 Å². The van der Waals surface area contributed by atoms with Gasteiger partial charge in [-0.05, 0) is 60.8 Å². The van der Waals surface area contributed by atoms with E-state index < -0.39 is 6.04 Å².